The Hall–Kier alpha value is -1.78. The van der Waals surface area contributed by atoms with Gasteiger partial charge in [0.1, 0.15) is 12.2 Å². The maximum Gasteiger partial charge on any atom is 0.313 e. The number of carbonyl (C=O) groups excluding carboxylic acids is 2. The smallest absolute Gasteiger partial charge is 0.313 e. The third-order valence-electron chi connectivity index (χ3n) is 7.15. The first-order chi connectivity index (χ1) is 11.6. The van der Waals surface area contributed by atoms with Gasteiger partial charge in [-0.05, 0) is 37.2 Å². The summed E-state index contributed by atoms with van der Waals surface area (Å²) in [5.41, 5.74) is 0.455. The Morgan fingerprint density at radius 1 is 1.21 bits per heavy atom. The maximum absolute atomic E-state index is 13.1. The van der Waals surface area contributed by atoms with Gasteiger partial charge in [-0.2, -0.15) is 0 Å². The Labute approximate surface area is 140 Å². The molecule has 0 radical (unpaired) electrons. The molecule has 0 unspecified atom stereocenters. The molecule has 2 saturated heterocycles. The van der Waals surface area contributed by atoms with E-state index in [2.05, 4.69) is 6.92 Å². The molecule has 24 heavy (non-hydrogen) atoms. The lowest BCUT2D eigenvalue weighted by atomic mass is 9.50. The molecule has 2 aliphatic carbocycles. The lowest BCUT2D eigenvalue weighted by Crippen LogP contribution is -2.54. The van der Waals surface area contributed by atoms with Crippen LogP contribution in [-0.4, -0.2) is 18.0 Å². The highest BCUT2D eigenvalue weighted by Crippen LogP contribution is 2.64. The van der Waals surface area contributed by atoms with Gasteiger partial charge in [-0.3, -0.25) is 9.59 Å². The fourth-order valence-electron chi connectivity index (χ4n) is 6.08. The van der Waals surface area contributed by atoms with Crippen molar-refractivity contribution in [1.29, 1.82) is 0 Å². The fraction of sp³-hybridized carbons (Fsp3) is 0.684. The minimum absolute atomic E-state index is 0.00537. The highest BCUT2D eigenvalue weighted by atomic mass is 16.6. The van der Waals surface area contributed by atoms with Crippen LogP contribution in [0.3, 0.4) is 0 Å². The Balaban J connectivity index is 1.54. The Kier molecular flexibility index (Phi) is 2.95. The quantitative estimate of drug-likeness (QED) is 0.740. The van der Waals surface area contributed by atoms with E-state index in [0.717, 1.165) is 31.2 Å². The van der Waals surface area contributed by atoms with Crippen molar-refractivity contribution in [2.24, 2.45) is 29.1 Å². The Morgan fingerprint density at radius 2 is 2.08 bits per heavy atom. The number of cyclic esters (lactones) is 1. The SMILES string of the molecule is C[C@H]1C[C@H]2OC(=O)[C@@H]3CCC[C@@H]([C@@H]23)[C@]12C[C@H](c1ccoc1)OC2=O. The molecule has 0 amide bonds. The first-order valence-corrected chi connectivity index (χ1v) is 9.05. The third kappa shape index (κ3) is 1.70. The van der Waals surface area contributed by atoms with Gasteiger partial charge >= 0.3 is 11.9 Å². The molecule has 4 aliphatic rings. The van der Waals surface area contributed by atoms with Crippen LogP contribution < -0.4 is 0 Å². The Morgan fingerprint density at radius 3 is 2.88 bits per heavy atom. The van der Waals surface area contributed by atoms with E-state index in [0.29, 0.717) is 6.42 Å². The molecule has 2 saturated carbocycles. The van der Waals surface area contributed by atoms with Gasteiger partial charge < -0.3 is 13.9 Å². The number of carbonyl (C=O) groups is 2. The maximum atomic E-state index is 13.1. The van der Waals surface area contributed by atoms with Crippen LogP contribution in [0.25, 0.3) is 0 Å². The van der Waals surface area contributed by atoms with E-state index >= 15 is 0 Å². The molecule has 5 heteroatoms. The summed E-state index contributed by atoms with van der Waals surface area (Å²) < 4.78 is 16.7. The summed E-state index contributed by atoms with van der Waals surface area (Å²) in [4.78, 5) is 25.3. The minimum Gasteiger partial charge on any atom is -0.472 e. The van der Waals surface area contributed by atoms with Gasteiger partial charge in [0.05, 0.1) is 23.9 Å². The van der Waals surface area contributed by atoms with Crippen molar-refractivity contribution in [3.8, 4) is 0 Å². The van der Waals surface area contributed by atoms with Crippen molar-refractivity contribution in [3.05, 3.63) is 24.2 Å². The van der Waals surface area contributed by atoms with Crippen molar-refractivity contribution in [1.82, 2.24) is 0 Å². The molecule has 0 aromatic carbocycles. The van der Waals surface area contributed by atoms with Gasteiger partial charge in [-0.25, -0.2) is 0 Å². The molecule has 7 atom stereocenters. The van der Waals surface area contributed by atoms with Gasteiger partial charge in [-0.1, -0.05) is 13.3 Å². The van der Waals surface area contributed by atoms with Gasteiger partial charge in [0, 0.05) is 17.9 Å². The third-order valence-corrected chi connectivity index (χ3v) is 7.15. The molecule has 2 aliphatic heterocycles. The normalized spacial score (nSPS) is 46.7. The average Bonchev–Trinajstić information content (AvgIpc) is 3.26. The molecule has 1 aromatic rings. The van der Waals surface area contributed by atoms with Crippen molar-refractivity contribution in [2.45, 2.75) is 51.2 Å². The highest BCUT2D eigenvalue weighted by molar-refractivity contribution is 5.82. The fourth-order valence-corrected chi connectivity index (χ4v) is 6.08. The zero-order valence-corrected chi connectivity index (χ0v) is 13.8. The molecule has 0 N–H and O–H groups in total. The molecule has 5 nitrogen and oxygen atoms in total. The zero-order chi connectivity index (χ0) is 16.5. The van der Waals surface area contributed by atoms with E-state index < -0.39 is 5.41 Å². The van der Waals surface area contributed by atoms with Crippen molar-refractivity contribution in [2.75, 3.05) is 0 Å². The van der Waals surface area contributed by atoms with Crippen molar-refractivity contribution < 1.29 is 23.5 Å². The molecule has 4 fully saturated rings. The summed E-state index contributed by atoms with van der Waals surface area (Å²) in [5, 5.41) is 0. The van der Waals surface area contributed by atoms with Crippen LogP contribution in [0.4, 0.5) is 0 Å². The lowest BCUT2D eigenvalue weighted by Gasteiger charge is -2.50. The molecule has 5 rings (SSSR count). The average molecular weight is 330 g/mol. The molecule has 0 bridgehead atoms. The van der Waals surface area contributed by atoms with E-state index in [9.17, 15) is 9.59 Å². The molecular formula is C19H22O5. The largest absolute Gasteiger partial charge is 0.472 e. The molecule has 1 aromatic heterocycles. The second kappa shape index (κ2) is 4.87. The first-order valence-electron chi connectivity index (χ1n) is 9.05. The molecule has 3 heterocycles. The predicted molar refractivity (Wildman–Crippen MR) is 82.6 cm³/mol. The van der Waals surface area contributed by atoms with Crippen LogP contribution in [0.5, 0.6) is 0 Å². The summed E-state index contributed by atoms with van der Waals surface area (Å²) >= 11 is 0. The van der Waals surface area contributed by atoms with Gasteiger partial charge in [0.25, 0.3) is 0 Å². The second-order valence-electron chi connectivity index (χ2n) is 8.03. The van der Waals surface area contributed by atoms with E-state index in [1.165, 1.54) is 0 Å². The Bertz CT molecular complexity index is 680. The number of furan rings is 1. The number of rotatable bonds is 1. The second-order valence-corrected chi connectivity index (χ2v) is 8.03. The van der Waals surface area contributed by atoms with Crippen molar-refractivity contribution >= 4 is 11.9 Å². The summed E-state index contributed by atoms with van der Waals surface area (Å²) in [7, 11) is 0. The van der Waals surface area contributed by atoms with E-state index in [4.69, 9.17) is 13.9 Å². The van der Waals surface area contributed by atoms with Gasteiger partial charge in [0.15, 0.2) is 0 Å². The van der Waals surface area contributed by atoms with E-state index in [-0.39, 0.29) is 47.8 Å². The minimum atomic E-state index is -0.476. The standard InChI is InChI=1S/C19H22O5/c1-10-7-14-16-12(17(20)23-14)3-2-4-13(16)19(10)8-15(24-18(19)21)11-5-6-22-9-11/h5-6,9-10,12-16H,2-4,7-8H2,1H3/t10-,12+,13-,14+,15+,16-,19-/m0/s1. The summed E-state index contributed by atoms with van der Waals surface area (Å²) in [6.07, 6.45) is 7.41. The van der Waals surface area contributed by atoms with E-state index in [1.54, 1.807) is 12.5 Å². The number of hydrogen-bond donors (Lipinski definition) is 0. The van der Waals surface area contributed by atoms with Crippen LogP contribution in [0.2, 0.25) is 0 Å². The molecule has 128 valence electrons. The van der Waals surface area contributed by atoms with Crippen LogP contribution in [-0.2, 0) is 19.1 Å². The van der Waals surface area contributed by atoms with E-state index in [1.807, 2.05) is 6.07 Å². The van der Waals surface area contributed by atoms with Crippen LogP contribution in [0.1, 0.15) is 50.7 Å². The first kappa shape index (κ1) is 14.6. The predicted octanol–water partition coefficient (Wildman–Crippen LogP) is 3.25. The number of esters is 2. The number of fused-ring (bicyclic) bond motifs is 1. The molecular weight excluding hydrogens is 308 g/mol. The van der Waals surface area contributed by atoms with Crippen LogP contribution in [0, 0.1) is 29.1 Å². The zero-order valence-electron chi connectivity index (χ0n) is 13.8. The summed E-state index contributed by atoms with van der Waals surface area (Å²) in [5.74, 6) is 0.414. The number of hydrogen-bond acceptors (Lipinski definition) is 5. The lowest BCUT2D eigenvalue weighted by molar-refractivity contribution is -0.163. The van der Waals surface area contributed by atoms with Crippen LogP contribution in [0.15, 0.2) is 23.0 Å². The summed E-state index contributed by atoms with van der Waals surface area (Å²) in [6.45, 7) is 2.13. The highest BCUT2D eigenvalue weighted by Gasteiger charge is 2.67. The summed E-state index contributed by atoms with van der Waals surface area (Å²) in [6, 6.07) is 1.87. The van der Waals surface area contributed by atoms with Crippen LogP contribution >= 0.6 is 0 Å². The molecule has 1 spiro atoms. The topological polar surface area (TPSA) is 65.7 Å². The van der Waals surface area contributed by atoms with Crippen molar-refractivity contribution in [3.63, 3.8) is 0 Å². The monoisotopic (exact) mass is 330 g/mol. The van der Waals surface area contributed by atoms with Gasteiger partial charge in [0.2, 0.25) is 0 Å². The number of ether oxygens (including phenoxy) is 2. The van der Waals surface area contributed by atoms with Gasteiger partial charge in [-0.15, -0.1) is 0 Å².